The number of hydrogen-bond acceptors (Lipinski definition) is 3. The fraction of sp³-hybridized carbons (Fsp3) is 0.833. The van der Waals surface area contributed by atoms with Crippen molar-refractivity contribution < 1.29 is 9.59 Å². The van der Waals surface area contributed by atoms with Crippen molar-refractivity contribution in [3.05, 3.63) is 0 Å². The van der Waals surface area contributed by atoms with Crippen LogP contribution >= 0.6 is 0 Å². The minimum Gasteiger partial charge on any atom is -0.326 e. The van der Waals surface area contributed by atoms with Gasteiger partial charge in [-0.15, -0.1) is 0 Å². The van der Waals surface area contributed by atoms with Crippen molar-refractivity contribution in [2.45, 2.75) is 46.6 Å². The van der Waals surface area contributed by atoms with E-state index in [4.69, 9.17) is 5.73 Å². The highest BCUT2D eigenvalue weighted by Crippen LogP contribution is 2.39. The molecule has 1 saturated heterocycles. The monoisotopic (exact) mass is 226 g/mol. The van der Waals surface area contributed by atoms with Crippen molar-refractivity contribution in [1.29, 1.82) is 0 Å². The normalized spacial score (nSPS) is 28.0. The Bertz CT molecular complexity index is 301. The summed E-state index contributed by atoms with van der Waals surface area (Å²) >= 11 is 0. The minimum atomic E-state index is -0.537. The summed E-state index contributed by atoms with van der Waals surface area (Å²) in [7, 11) is 0. The smallest absolute Gasteiger partial charge is 0.235 e. The van der Waals surface area contributed by atoms with E-state index in [1.165, 1.54) is 4.90 Å². The van der Waals surface area contributed by atoms with Crippen LogP contribution in [0.2, 0.25) is 0 Å². The number of imide groups is 1. The molecular weight excluding hydrogens is 204 g/mol. The van der Waals surface area contributed by atoms with E-state index in [1.54, 1.807) is 0 Å². The molecular formula is C12H22N2O2. The zero-order valence-corrected chi connectivity index (χ0v) is 10.6. The minimum absolute atomic E-state index is 0.0589. The van der Waals surface area contributed by atoms with Gasteiger partial charge in [-0.2, -0.15) is 0 Å². The van der Waals surface area contributed by atoms with Gasteiger partial charge in [0.15, 0.2) is 0 Å². The van der Waals surface area contributed by atoms with Gasteiger partial charge in [0.25, 0.3) is 0 Å². The van der Waals surface area contributed by atoms with Gasteiger partial charge in [-0.05, 0) is 19.3 Å². The lowest BCUT2D eigenvalue weighted by molar-refractivity contribution is -0.142. The first-order valence-electron chi connectivity index (χ1n) is 5.93. The first kappa shape index (κ1) is 13.2. The SMILES string of the molecule is CCC(N)CN1C(=O)CC(C)(C(C)C)C1=O. The number of amides is 2. The second-order valence-electron chi connectivity index (χ2n) is 5.23. The molecule has 0 aromatic heterocycles. The molecule has 0 spiro atoms. The van der Waals surface area contributed by atoms with Crippen molar-refractivity contribution in [1.82, 2.24) is 4.90 Å². The molecule has 1 heterocycles. The molecule has 0 saturated carbocycles. The van der Waals surface area contributed by atoms with Crippen molar-refractivity contribution in [2.24, 2.45) is 17.1 Å². The number of carbonyl (C=O) groups is 2. The summed E-state index contributed by atoms with van der Waals surface area (Å²) in [5.74, 6) is 0.0355. The fourth-order valence-corrected chi connectivity index (χ4v) is 1.91. The van der Waals surface area contributed by atoms with Crippen LogP contribution in [0.15, 0.2) is 0 Å². The van der Waals surface area contributed by atoms with Crippen LogP contribution in [-0.4, -0.2) is 29.3 Å². The lowest BCUT2D eigenvalue weighted by Gasteiger charge is -2.26. The van der Waals surface area contributed by atoms with Gasteiger partial charge in [-0.3, -0.25) is 14.5 Å². The van der Waals surface area contributed by atoms with Gasteiger partial charge in [0.05, 0.1) is 5.41 Å². The molecule has 0 radical (unpaired) electrons. The first-order chi connectivity index (χ1) is 7.32. The standard InChI is InChI=1S/C12H22N2O2/c1-5-9(13)7-14-10(15)6-12(4,8(2)3)11(14)16/h8-9H,5-7,13H2,1-4H3. The predicted molar refractivity (Wildman–Crippen MR) is 62.5 cm³/mol. The molecule has 1 aliphatic rings. The van der Waals surface area contributed by atoms with Gasteiger partial charge in [0, 0.05) is 19.0 Å². The Morgan fingerprint density at radius 2 is 2.00 bits per heavy atom. The molecule has 4 heteroatoms. The Morgan fingerprint density at radius 3 is 2.38 bits per heavy atom. The van der Waals surface area contributed by atoms with E-state index >= 15 is 0 Å². The number of nitrogens with two attached hydrogens (primary N) is 1. The molecule has 1 fully saturated rings. The van der Waals surface area contributed by atoms with Gasteiger partial charge in [-0.1, -0.05) is 20.8 Å². The van der Waals surface area contributed by atoms with Crippen LogP contribution in [0.4, 0.5) is 0 Å². The summed E-state index contributed by atoms with van der Waals surface area (Å²) in [5, 5.41) is 0. The maximum atomic E-state index is 12.2. The zero-order chi connectivity index (χ0) is 12.5. The molecule has 1 aliphatic heterocycles. The quantitative estimate of drug-likeness (QED) is 0.731. The molecule has 1 rings (SSSR count). The summed E-state index contributed by atoms with van der Waals surface area (Å²) < 4.78 is 0. The Morgan fingerprint density at radius 1 is 1.44 bits per heavy atom. The van der Waals surface area contributed by atoms with Crippen LogP contribution in [0.5, 0.6) is 0 Å². The molecule has 2 amide bonds. The average Bonchev–Trinajstić information content (AvgIpc) is 2.43. The Kier molecular flexibility index (Phi) is 3.73. The van der Waals surface area contributed by atoms with Gasteiger partial charge < -0.3 is 5.73 Å². The maximum Gasteiger partial charge on any atom is 0.235 e. The van der Waals surface area contributed by atoms with Crippen LogP contribution in [0.25, 0.3) is 0 Å². The fourth-order valence-electron chi connectivity index (χ4n) is 1.91. The maximum absolute atomic E-state index is 12.2. The molecule has 2 atom stereocenters. The molecule has 0 aliphatic carbocycles. The van der Waals surface area contributed by atoms with Gasteiger partial charge >= 0.3 is 0 Å². The number of carbonyl (C=O) groups excluding carboxylic acids is 2. The van der Waals surface area contributed by atoms with Gasteiger partial charge in [0.1, 0.15) is 0 Å². The second kappa shape index (κ2) is 4.53. The number of nitrogens with zero attached hydrogens (tertiary/aromatic N) is 1. The second-order valence-corrected chi connectivity index (χ2v) is 5.23. The first-order valence-corrected chi connectivity index (χ1v) is 5.93. The molecule has 16 heavy (non-hydrogen) atoms. The third kappa shape index (κ3) is 2.12. The topological polar surface area (TPSA) is 63.4 Å². The number of likely N-dealkylation sites (tertiary alicyclic amines) is 1. The van der Waals surface area contributed by atoms with E-state index in [1.807, 2.05) is 27.7 Å². The molecule has 92 valence electrons. The summed E-state index contributed by atoms with van der Waals surface area (Å²) in [6.07, 6.45) is 1.09. The van der Waals surface area contributed by atoms with Crippen LogP contribution in [0.3, 0.4) is 0 Å². The highest BCUT2D eigenvalue weighted by atomic mass is 16.2. The van der Waals surface area contributed by atoms with Crippen molar-refractivity contribution in [3.63, 3.8) is 0 Å². The summed E-state index contributed by atoms with van der Waals surface area (Å²) in [6.45, 7) is 8.14. The van der Waals surface area contributed by atoms with E-state index in [2.05, 4.69) is 0 Å². The van der Waals surface area contributed by atoms with E-state index in [-0.39, 0.29) is 23.8 Å². The van der Waals surface area contributed by atoms with Gasteiger partial charge in [0.2, 0.25) is 11.8 Å². The van der Waals surface area contributed by atoms with Crippen molar-refractivity contribution >= 4 is 11.8 Å². The lowest BCUT2D eigenvalue weighted by atomic mass is 9.78. The average molecular weight is 226 g/mol. The van der Waals surface area contributed by atoms with Crippen LogP contribution in [0.1, 0.15) is 40.5 Å². The van der Waals surface area contributed by atoms with Gasteiger partial charge in [-0.25, -0.2) is 0 Å². The Balaban J connectivity index is 2.83. The zero-order valence-electron chi connectivity index (χ0n) is 10.6. The summed E-state index contributed by atoms with van der Waals surface area (Å²) in [5.41, 5.74) is 5.26. The van der Waals surface area contributed by atoms with Crippen molar-refractivity contribution in [3.8, 4) is 0 Å². The highest BCUT2D eigenvalue weighted by molar-refractivity contribution is 6.05. The summed E-state index contributed by atoms with van der Waals surface area (Å²) in [4.78, 5) is 25.3. The van der Waals surface area contributed by atoms with E-state index in [0.29, 0.717) is 13.0 Å². The predicted octanol–water partition coefficient (Wildman–Crippen LogP) is 1.14. The third-order valence-electron chi connectivity index (χ3n) is 3.77. The lowest BCUT2D eigenvalue weighted by Crippen LogP contribution is -2.43. The highest BCUT2D eigenvalue weighted by Gasteiger charge is 2.49. The molecule has 0 bridgehead atoms. The Labute approximate surface area is 97.2 Å². The van der Waals surface area contributed by atoms with Crippen molar-refractivity contribution in [2.75, 3.05) is 6.54 Å². The molecule has 2 unspecified atom stereocenters. The number of rotatable bonds is 4. The number of hydrogen-bond donors (Lipinski definition) is 1. The van der Waals surface area contributed by atoms with Crippen LogP contribution in [0, 0.1) is 11.3 Å². The molecule has 2 N–H and O–H groups in total. The molecule has 0 aromatic carbocycles. The van der Waals surface area contributed by atoms with E-state index < -0.39 is 5.41 Å². The third-order valence-corrected chi connectivity index (χ3v) is 3.77. The Hall–Kier alpha value is -0.900. The molecule has 0 aromatic rings. The largest absolute Gasteiger partial charge is 0.326 e. The van der Waals surface area contributed by atoms with E-state index in [0.717, 1.165) is 6.42 Å². The van der Waals surface area contributed by atoms with Crippen LogP contribution in [-0.2, 0) is 9.59 Å². The van der Waals surface area contributed by atoms with E-state index in [9.17, 15) is 9.59 Å². The van der Waals surface area contributed by atoms with Crippen LogP contribution < -0.4 is 5.73 Å². The molecule has 4 nitrogen and oxygen atoms in total. The summed E-state index contributed by atoms with van der Waals surface area (Å²) in [6, 6.07) is -0.109.